The van der Waals surface area contributed by atoms with E-state index in [1.807, 2.05) is 0 Å². The molecule has 1 aliphatic carbocycles. The molecular weight excluding hydrogens is 365 g/mol. The molecule has 1 unspecified atom stereocenters. The van der Waals surface area contributed by atoms with Crippen molar-refractivity contribution < 1.29 is 9.53 Å². The molecule has 1 atom stereocenters. The summed E-state index contributed by atoms with van der Waals surface area (Å²) in [5.74, 6) is 0.770. The zero-order valence-electron chi connectivity index (χ0n) is 12.3. The Kier molecular flexibility index (Phi) is 3.23. The molecule has 1 spiro atoms. The zero-order valence-corrected chi connectivity index (χ0v) is 15.6. The fourth-order valence-electron chi connectivity index (χ4n) is 3.58. The third-order valence-corrected chi connectivity index (χ3v) is 6.58. The fraction of sp³-hybridized carbons (Fsp3) is 0.471. The van der Waals surface area contributed by atoms with Gasteiger partial charge in [-0.1, -0.05) is 0 Å². The van der Waals surface area contributed by atoms with Gasteiger partial charge >= 0.3 is 140 Å². The Morgan fingerprint density at radius 2 is 2.19 bits per heavy atom. The second-order valence-electron chi connectivity index (χ2n) is 6.50. The van der Waals surface area contributed by atoms with Crippen molar-refractivity contribution in [1.29, 1.82) is 0 Å². The number of hydrogen-bond donors (Lipinski definition) is 0. The number of carbonyl (C=O) groups is 1. The fourth-order valence-corrected chi connectivity index (χ4v) is 4.98. The molecule has 1 aromatic carbocycles. The van der Waals surface area contributed by atoms with Crippen molar-refractivity contribution in [3.63, 3.8) is 0 Å². The number of hydrogen-bond acceptors (Lipinski definition) is 2. The van der Waals surface area contributed by atoms with Gasteiger partial charge in [-0.25, -0.2) is 0 Å². The molecule has 0 amide bonds. The van der Waals surface area contributed by atoms with E-state index >= 15 is 0 Å². The summed E-state index contributed by atoms with van der Waals surface area (Å²) in [6.45, 7) is 2.54. The van der Waals surface area contributed by atoms with E-state index in [9.17, 15) is 4.79 Å². The second kappa shape index (κ2) is 4.88. The van der Waals surface area contributed by atoms with Crippen LogP contribution in [0.25, 0.3) is 10.9 Å². The van der Waals surface area contributed by atoms with Gasteiger partial charge in [-0.15, -0.1) is 0 Å². The maximum absolute atomic E-state index is 11.7. The first-order valence-electron chi connectivity index (χ1n) is 7.63. The summed E-state index contributed by atoms with van der Waals surface area (Å²) in [7, 11) is 0. The summed E-state index contributed by atoms with van der Waals surface area (Å²) in [5, 5.41) is 1.21. The summed E-state index contributed by atoms with van der Waals surface area (Å²) < 4.78 is 8.05. The molecule has 2 aromatic rings. The van der Waals surface area contributed by atoms with Gasteiger partial charge in [0, 0.05) is 0 Å². The zero-order chi connectivity index (χ0) is 14.6. The number of aromatic nitrogens is 1. The van der Waals surface area contributed by atoms with E-state index in [1.54, 1.807) is 6.92 Å². The molecule has 1 saturated heterocycles. The van der Waals surface area contributed by atoms with Crippen molar-refractivity contribution in [3.05, 3.63) is 35.5 Å². The Bertz CT molecular complexity index is 730. The third kappa shape index (κ3) is 2.36. The summed E-state index contributed by atoms with van der Waals surface area (Å²) in [4.78, 5) is 11.7. The Hall–Kier alpha value is -0.740. The number of ether oxygens (including phenoxy) is 1. The summed E-state index contributed by atoms with van der Waals surface area (Å²) in [5.41, 5.74) is 3.67. The van der Waals surface area contributed by atoms with E-state index in [-0.39, 0.29) is 11.4 Å². The van der Waals surface area contributed by atoms with Crippen molar-refractivity contribution >= 4 is 41.3 Å². The number of benzene rings is 1. The van der Waals surface area contributed by atoms with E-state index in [2.05, 4.69) is 26.8 Å². The van der Waals surface area contributed by atoms with Crippen molar-refractivity contribution in [2.24, 2.45) is 0 Å². The molecule has 4 rings (SSSR count). The molecule has 1 aliphatic heterocycles. The van der Waals surface area contributed by atoms with Gasteiger partial charge in [-0.3, -0.25) is 0 Å². The maximum atomic E-state index is 11.7. The van der Waals surface area contributed by atoms with Gasteiger partial charge in [0.15, 0.2) is 0 Å². The van der Waals surface area contributed by atoms with Gasteiger partial charge in [-0.2, -0.15) is 0 Å². The molecule has 2 aliphatic rings. The van der Waals surface area contributed by atoms with E-state index < -0.39 is 0 Å². The van der Waals surface area contributed by atoms with Crippen LogP contribution in [0.15, 0.2) is 24.3 Å². The van der Waals surface area contributed by atoms with Crippen LogP contribution in [0.5, 0.6) is 0 Å². The van der Waals surface area contributed by atoms with Gasteiger partial charge in [0.2, 0.25) is 0 Å². The first-order valence-corrected chi connectivity index (χ1v) is 9.11. The monoisotopic (exact) mass is 383 g/mol. The molecule has 2 fully saturated rings. The number of fused-ring (bicyclic) bond motifs is 1. The molecular formula is C17H18InNO2. The van der Waals surface area contributed by atoms with Crippen molar-refractivity contribution in [1.82, 2.24) is 2.55 Å². The predicted octanol–water partition coefficient (Wildman–Crippen LogP) is 3.20. The Morgan fingerprint density at radius 1 is 1.38 bits per heavy atom. The van der Waals surface area contributed by atoms with Crippen LogP contribution >= 0.6 is 0 Å². The molecule has 1 aromatic heterocycles. The molecule has 0 bridgehead atoms. The summed E-state index contributed by atoms with van der Waals surface area (Å²) in [6.07, 6.45) is 4.75. The van der Waals surface area contributed by atoms with Gasteiger partial charge in [0.1, 0.15) is 0 Å². The molecule has 2 radical (unpaired) electrons. The number of Topliss-reactive ketones (excluding diaryl/α,β-unsaturated/α-hetero) is 1. The van der Waals surface area contributed by atoms with Crippen molar-refractivity contribution in [3.8, 4) is 0 Å². The number of carbonyl (C=O) groups excluding carboxylic acids is 1. The Morgan fingerprint density at radius 3 is 2.90 bits per heavy atom. The SMILES string of the molecule is CC(=O)c1cc2cc(C3CCOC4(CC4)C3)ccc2[n]1[In]. The van der Waals surface area contributed by atoms with Gasteiger partial charge in [0.05, 0.1) is 0 Å². The molecule has 3 nitrogen and oxygen atoms in total. The summed E-state index contributed by atoms with van der Waals surface area (Å²) in [6, 6.07) is 8.79. The summed E-state index contributed by atoms with van der Waals surface area (Å²) >= 11 is 0.916. The topological polar surface area (TPSA) is 31.2 Å². The first kappa shape index (κ1) is 13.9. The Labute approximate surface area is 139 Å². The van der Waals surface area contributed by atoms with Gasteiger partial charge in [0.25, 0.3) is 0 Å². The second-order valence-corrected chi connectivity index (χ2v) is 7.97. The van der Waals surface area contributed by atoms with E-state index in [4.69, 9.17) is 4.74 Å². The van der Waals surface area contributed by atoms with Crippen LogP contribution in [-0.4, -0.2) is 45.2 Å². The van der Waals surface area contributed by atoms with Crippen molar-refractivity contribution in [2.75, 3.05) is 6.61 Å². The van der Waals surface area contributed by atoms with Crippen LogP contribution < -0.4 is 0 Å². The van der Waals surface area contributed by atoms with Crippen LogP contribution in [0, 0.1) is 0 Å². The van der Waals surface area contributed by atoms with E-state index in [0.717, 1.165) is 43.4 Å². The number of rotatable bonds is 2. The minimum absolute atomic E-state index is 0.156. The van der Waals surface area contributed by atoms with Crippen LogP contribution in [0.4, 0.5) is 0 Å². The standard InChI is InChI=1S/C17H19NO2.In/c1-11(19)16-9-14-8-12(2-3-15(14)18-16)13-4-7-20-17(10-13)5-6-17;/h2-3,8-9,13H,4-7,10H2,1H3,(H,18,19);/q;+1/p-1. The first-order chi connectivity index (χ1) is 10.1. The molecule has 2 heterocycles. The van der Waals surface area contributed by atoms with Crippen LogP contribution in [0.1, 0.15) is 54.6 Å². The number of ketones is 1. The Balaban J connectivity index is 1.71. The molecule has 21 heavy (non-hydrogen) atoms. The quantitative estimate of drug-likeness (QED) is 0.746. The van der Waals surface area contributed by atoms with Crippen LogP contribution in [0.2, 0.25) is 0 Å². The average molecular weight is 383 g/mol. The molecule has 0 N–H and O–H groups in total. The van der Waals surface area contributed by atoms with Crippen LogP contribution in [0.3, 0.4) is 0 Å². The average Bonchev–Trinajstić information content (AvgIpc) is 3.12. The van der Waals surface area contributed by atoms with Gasteiger partial charge < -0.3 is 0 Å². The predicted molar refractivity (Wildman–Crippen MR) is 83.0 cm³/mol. The van der Waals surface area contributed by atoms with E-state index in [0.29, 0.717) is 5.92 Å². The minimum atomic E-state index is 0.156. The van der Waals surface area contributed by atoms with Crippen LogP contribution in [-0.2, 0) is 4.74 Å². The third-order valence-electron chi connectivity index (χ3n) is 5.00. The van der Waals surface area contributed by atoms with Crippen molar-refractivity contribution in [2.45, 2.75) is 44.1 Å². The van der Waals surface area contributed by atoms with Gasteiger partial charge in [-0.05, 0) is 0 Å². The molecule has 1 saturated carbocycles. The molecule has 4 heteroatoms. The normalized spacial score (nSPS) is 23.6. The molecule has 106 valence electrons. The number of nitrogens with zero attached hydrogens (tertiary/aromatic N) is 1. The van der Waals surface area contributed by atoms with E-state index in [1.165, 1.54) is 35.7 Å².